The predicted octanol–water partition coefficient (Wildman–Crippen LogP) is 1.01. The smallest absolute Gasteiger partial charge is 0.233 e. The minimum atomic E-state index is -1.21. The number of ether oxygens (including phenoxy) is 2. The summed E-state index contributed by atoms with van der Waals surface area (Å²) in [6, 6.07) is 4.86. The lowest BCUT2D eigenvalue weighted by molar-refractivity contribution is -0.491. The zero-order valence-electron chi connectivity index (χ0n) is 9.04. The van der Waals surface area contributed by atoms with Crippen LogP contribution in [-0.2, 0) is 0 Å². The number of rotatable bonds is 5. The Morgan fingerprint density at radius 3 is 2.62 bits per heavy atom. The van der Waals surface area contributed by atoms with Gasteiger partial charge < -0.3 is 14.6 Å². The third kappa shape index (κ3) is 2.60. The number of aliphatic hydroxyl groups is 1. The predicted molar refractivity (Wildman–Crippen MR) is 56.4 cm³/mol. The summed E-state index contributed by atoms with van der Waals surface area (Å²) in [6.45, 7) is -0.566. The molecule has 1 aromatic carbocycles. The molecular formula is C10H13NO5. The molecule has 1 rings (SSSR count). The molecule has 1 atom stereocenters. The van der Waals surface area contributed by atoms with Gasteiger partial charge in [-0.2, -0.15) is 0 Å². The molecule has 0 saturated heterocycles. The molecule has 0 spiro atoms. The van der Waals surface area contributed by atoms with E-state index >= 15 is 0 Å². The number of nitro groups is 1. The standard InChI is InChI=1S/C10H13NO5/c1-15-9-5-3-4-7(10(9)16-2)8(12)6-11(13)14/h3-5,8,12H,6H2,1-2H3. The van der Waals surface area contributed by atoms with Gasteiger partial charge in [-0.1, -0.05) is 12.1 Å². The number of para-hydroxylation sites is 1. The van der Waals surface area contributed by atoms with Gasteiger partial charge in [0.2, 0.25) is 6.54 Å². The lowest BCUT2D eigenvalue weighted by atomic mass is 10.1. The van der Waals surface area contributed by atoms with Crippen LogP contribution >= 0.6 is 0 Å². The molecule has 0 saturated carbocycles. The number of benzene rings is 1. The Bertz CT molecular complexity index is 379. The Morgan fingerprint density at radius 2 is 2.12 bits per heavy atom. The van der Waals surface area contributed by atoms with Gasteiger partial charge in [0, 0.05) is 10.5 Å². The SMILES string of the molecule is COc1cccc(C(O)C[N+](=O)[O-])c1OC. The van der Waals surface area contributed by atoms with E-state index in [2.05, 4.69) is 0 Å². The van der Waals surface area contributed by atoms with Gasteiger partial charge in [-0.15, -0.1) is 0 Å². The minimum absolute atomic E-state index is 0.319. The first-order valence-electron chi connectivity index (χ1n) is 4.61. The van der Waals surface area contributed by atoms with Crippen molar-refractivity contribution in [2.45, 2.75) is 6.10 Å². The topological polar surface area (TPSA) is 81.8 Å². The molecule has 16 heavy (non-hydrogen) atoms. The molecule has 0 bridgehead atoms. The third-order valence-electron chi connectivity index (χ3n) is 2.11. The van der Waals surface area contributed by atoms with Crippen LogP contribution in [0.25, 0.3) is 0 Å². The highest BCUT2D eigenvalue weighted by molar-refractivity contribution is 5.47. The van der Waals surface area contributed by atoms with Crippen LogP contribution in [0.3, 0.4) is 0 Å². The normalized spacial score (nSPS) is 11.9. The highest BCUT2D eigenvalue weighted by Crippen LogP contribution is 2.34. The van der Waals surface area contributed by atoms with E-state index in [9.17, 15) is 15.2 Å². The maximum atomic E-state index is 10.3. The van der Waals surface area contributed by atoms with Crippen LogP contribution in [-0.4, -0.2) is 30.8 Å². The molecule has 0 heterocycles. The lowest BCUT2D eigenvalue weighted by Gasteiger charge is -2.14. The minimum Gasteiger partial charge on any atom is -0.493 e. The Hall–Kier alpha value is -1.82. The highest BCUT2D eigenvalue weighted by atomic mass is 16.6. The van der Waals surface area contributed by atoms with Crippen LogP contribution in [0, 0.1) is 10.1 Å². The molecule has 0 amide bonds. The number of hydrogen-bond donors (Lipinski definition) is 1. The van der Waals surface area contributed by atoms with E-state index < -0.39 is 17.6 Å². The van der Waals surface area contributed by atoms with Gasteiger partial charge in [0.1, 0.15) is 6.10 Å². The van der Waals surface area contributed by atoms with Crippen molar-refractivity contribution in [3.05, 3.63) is 33.9 Å². The maximum Gasteiger partial charge on any atom is 0.233 e. The molecule has 1 N–H and O–H groups in total. The molecule has 1 aromatic rings. The van der Waals surface area contributed by atoms with Crippen LogP contribution in [0.1, 0.15) is 11.7 Å². The second-order valence-corrected chi connectivity index (χ2v) is 3.11. The Morgan fingerprint density at radius 1 is 1.44 bits per heavy atom. The zero-order chi connectivity index (χ0) is 12.1. The molecule has 6 heteroatoms. The Kier molecular flexibility index (Phi) is 4.07. The van der Waals surface area contributed by atoms with Crippen molar-refractivity contribution in [1.82, 2.24) is 0 Å². The fourth-order valence-corrected chi connectivity index (χ4v) is 1.41. The van der Waals surface area contributed by atoms with Crippen molar-refractivity contribution in [3.8, 4) is 11.5 Å². The third-order valence-corrected chi connectivity index (χ3v) is 2.11. The summed E-state index contributed by atoms with van der Waals surface area (Å²) in [5, 5.41) is 20.0. The number of methoxy groups -OCH3 is 2. The van der Waals surface area contributed by atoms with E-state index in [1.807, 2.05) is 0 Å². The molecular weight excluding hydrogens is 214 g/mol. The quantitative estimate of drug-likeness (QED) is 0.599. The average molecular weight is 227 g/mol. The summed E-state index contributed by atoms with van der Waals surface area (Å²) < 4.78 is 10.1. The van der Waals surface area contributed by atoms with Gasteiger partial charge in [-0.3, -0.25) is 10.1 Å². The zero-order valence-corrected chi connectivity index (χ0v) is 9.04. The first-order valence-corrected chi connectivity index (χ1v) is 4.61. The molecule has 0 fully saturated rings. The van der Waals surface area contributed by atoms with Crippen molar-refractivity contribution in [3.63, 3.8) is 0 Å². The Balaban J connectivity index is 3.07. The molecule has 0 aromatic heterocycles. The van der Waals surface area contributed by atoms with E-state index in [1.165, 1.54) is 14.2 Å². The molecule has 0 aliphatic heterocycles. The number of hydrogen-bond acceptors (Lipinski definition) is 5. The molecule has 6 nitrogen and oxygen atoms in total. The Labute approximate surface area is 92.6 Å². The van der Waals surface area contributed by atoms with Crippen LogP contribution in [0.2, 0.25) is 0 Å². The monoisotopic (exact) mass is 227 g/mol. The van der Waals surface area contributed by atoms with E-state index in [-0.39, 0.29) is 0 Å². The van der Waals surface area contributed by atoms with Crippen LogP contribution < -0.4 is 9.47 Å². The van der Waals surface area contributed by atoms with E-state index in [1.54, 1.807) is 18.2 Å². The maximum absolute atomic E-state index is 10.3. The molecule has 1 unspecified atom stereocenters. The average Bonchev–Trinajstić information content (AvgIpc) is 2.26. The molecule has 0 aliphatic rings. The fourth-order valence-electron chi connectivity index (χ4n) is 1.41. The molecule has 88 valence electrons. The molecule has 0 aliphatic carbocycles. The first kappa shape index (κ1) is 12.3. The van der Waals surface area contributed by atoms with Crippen molar-refractivity contribution < 1.29 is 19.5 Å². The first-order chi connectivity index (χ1) is 7.60. The van der Waals surface area contributed by atoms with Gasteiger partial charge in [-0.05, 0) is 6.07 Å². The number of aliphatic hydroxyl groups excluding tert-OH is 1. The van der Waals surface area contributed by atoms with Gasteiger partial charge in [0.25, 0.3) is 0 Å². The summed E-state index contributed by atoms with van der Waals surface area (Å²) in [6.07, 6.45) is -1.21. The van der Waals surface area contributed by atoms with Gasteiger partial charge >= 0.3 is 0 Å². The van der Waals surface area contributed by atoms with E-state index in [0.717, 1.165) is 0 Å². The van der Waals surface area contributed by atoms with E-state index in [4.69, 9.17) is 9.47 Å². The summed E-state index contributed by atoms with van der Waals surface area (Å²) in [4.78, 5) is 9.73. The lowest BCUT2D eigenvalue weighted by Crippen LogP contribution is -2.13. The van der Waals surface area contributed by atoms with Crippen molar-refractivity contribution in [1.29, 1.82) is 0 Å². The van der Waals surface area contributed by atoms with Gasteiger partial charge in [-0.25, -0.2) is 0 Å². The van der Waals surface area contributed by atoms with Crippen LogP contribution in [0.5, 0.6) is 11.5 Å². The largest absolute Gasteiger partial charge is 0.493 e. The fraction of sp³-hybridized carbons (Fsp3) is 0.400. The van der Waals surface area contributed by atoms with Gasteiger partial charge in [0.05, 0.1) is 14.2 Å². The van der Waals surface area contributed by atoms with Crippen molar-refractivity contribution >= 4 is 0 Å². The second-order valence-electron chi connectivity index (χ2n) is 3.11. The molecule has 0 radical (unpaired) electrons. The van der Waals surface area contributed by atoms with Crippen LogP contribution in [0.4, 0.5) is 0 Å². The summed E-state index contributed by atoms with van der Waals surface area (Å²) in [5.41, 5.74) is 0.346. The van der Waals surface area contributed by atoms with Gasteiger partial charge in [0.15, 0.2) is 11.5 Å². The summed E-state index contributed by atoms with van der Waals surface area (Å²) >= 11 is 0. The van der Waals surface area contributed by atoms with E-state index in [0.29, 0.717) is 17.1 Å². The van der Waals surface area contributed by atoms with Crippen molar-refractivity contribution in [2.75, 3.05) is 20.8 Å². The van der Waals surface area contributed by atoms with Crippen molar-refractivity contribution in [2.24, 2.45) is 0 Å². The van der Waals surface area contributed by atoms with Crippen LogP contribution in [0.15, 0.2) is 18.2 Å². The highest BCUT2D eigenvalue weighted by Gasteiger charge is 2.20. The summed E-state index contributed by atoms with van der Waals surface area (Å²) in [5.74, 6) is 0.752. The number of nitrogens with zero attached hydrogens (tertiary/aromatic N) is 1. The second kappa shape index (κ2) is 5.32. The summed E-state index contributed by atoms with van der Waals surface area (Å²) in [7, 11) is 2.88.